The molecular formula is C26H24N4O3. The summed E-state index contributed by atoms with van der Waals surface area (Å²) in [7, 11) is 0. The summed E-state index contributed by atoms with van der Waals surface area (Å²) in [4.78, 5) is 42.6. The lowest BCUT2D eigenvalue weighted by molar-refractivity contribution is -0.121. The third-order valence-electron chi connectivity index (χ3n) is 5.20. The van der Waals surface area contributed by atoms with Crippen molar-refractivity contribution < 1.29 is 9.59 Å². The molecule has 0 saturated heterocycles. The molecule has 0 aliphatic carbocycles. The molecule has 0 aliphatic rings. The number of para-hydroxylation sites is 3. The third-order valence-corrected chi connectivity index (χ3v) is 5.20. The zero-order valence-electron chi connectivity index (χ0n) is 18.0. The number of rotatable bonds is 8. The number of nitrogens with zero attached hydrogens (tertiary/aromatic N) is 2. The number of fused-ring (bicyclic) bond motifs is 1. The zero-order valence-corrected chi connectivity index (χ0v) is 18.0. The summed E-state index contributed by atoms with van der Waals surface area (Å²) in [5.41, 5.74) is 2.72. The van der Waals surface area contributed by atoms with Crippen LogP contribution in [0.1, 0.15) is 17.7 Å². The van der Waals surface area contributed by atoms with Gasteiger partial charge in [-0.15, -0.1) is 0 Å². The minimum atomic E-state index is -0.368. The molecule has 0 saturated carbocycles. The van der Waals surface area contributed by atoms with Crippen LogP contribution in [0.3, 0.4) is 0 Å². The molecule has 3 aromatic carbocycles. The van der Waals surface area contributed by atoms with Gasteiger partial charge < -0.3 is 10.6 Å². The maximum atomic E-state index is 13.2. The summed E-state index contributed by atoms with van der Waals surface area (Å²) < 4.78 is 1.41. The van der Waals surface area contributed by atoms with Crippen LogP contribution in [0.5, 0.6) is 0 Å². The largest absolute Gasteiger partial charge is 0.352 e. The van der Waals surface area contributed by atoms with E-state index in [-0.39, 0.29) is 42.5 Å². The molecule has 0 unspecified atom stereocenters. The summed E-state index contributed by atoms with van der Waals surface area (Å²) in [6.07, 6.45) is 0.314. The van der Waals surface area contributed by atoms with E-state index < -0.39 is 0 Å². The van der Waals surface area contributed by atoms with Crippen LogP contribution in [0.4, 0.5) is 5.69 Å². The minimum Gasteiger partial charge on any atom is -0.352 e. The van der Waals surface area contributed by atoms with Crippen molar-refractivity contribution in [2.45, 2.75) is 25.9 Å². The number of anilines is 1. The van der Waals surface area contributed by atoms with E-state index in [0.29, 0.717) is 23.3 Å². The molecule has 2 N–H and O–H groups in total. The smallest absolute Gasteiger partial charge is 0.273 e. The van der Waals surface area contributed by atoms with Gasteiger partial charge >= 0.3 is 0 Å². The van der Waals surface area contributed by atoms with E-state index in [0.717, 1.165) is 5.56 Å². The van der Waals surface area contributed by atoms with Crippen molar-refractivity contribution in [3.63, 3.8) is 0 Å². The van der Waals surface area contributed by atoms with Gasteiger partial charge in [0.2, 0.25) is 11.8 Å². The molecule has 0 atom stereocenters. The highest BCUT2D eigenvalue weighted by Gasteiger charge is 2.15. The van der Waals surface area contributed by atoms with Crippen LogP contribution < -0.4 is 16.2 Å². The third kappa shape index (κ3) is 5.71. The maximum Gasteiger partial charge on any atom is 0.273 e. The van der Waals surface area contributed by atoms with Crippen molar-refractivity contribution in [2.24, 2.45) is 0 Å². The highest BCUT2D eigenvalue weighted by Crippen LogP contribution is 2.12. The molecule has 7 heteroatoms. The second-order valence-electron chi connectivity index (χ2n) is 7.62. The molecule has 4 rings (SSSR count). The molecular weight excluding hydrogens is 416 g/mol. The van der Waals surface area contributed by atoms with Crippen molar-refractivity contribution in [3.05, 3.63) is 107 Å². The standard InChI is InChI=1S/C26H24N4O3/c31-24(27-17-19-9-3-1-4-10-19)16-15-22-26(33)30(23-14-8-7-13-21(23)29-22)18-25(32)28-20-11-5-2-6-12-20/h1-14H,15-18H2,(H,27,31)(H,28,32). The number of amides is 2. The van der Waals surface area contributed by atoms with E-state index in [4.69, 9.17) is 0 Å². The Morgan fingerprint density at radius 2 is 1.48 bits per heavy atom. The first-order valence-corrected chi connectivity index (χ1v) is 10.7. The van der Waals surface area contributed by atoms with E-state index >= 15 is 0 Å². The van der Waals surface area contributed by atoms with E-state index in [1.54, 1.807) is 30.3 Å². The van der Waals surface area contributed by atoms with Crippen molar-refractivity contribution in [3.8, 4) is 0 Å². The Morgan fingerprint density at radius 3 is 2.24 bits per heavy atom. The van der Waals surface area contributed by atoms with Gasteiger partial charge in [-0.3, -0.25) is 19.0 Å². The van der Waals surface area contributed by atoms with Crippen molar-refractivity contribution in [2.75, 3.05) is 5.32 Å². The second kappa shape index (κ2) is 10.4. The van der Waals surface area contributed by atoms with Crippen LogP contribution in [0.2, 0.25) is 0 Å². The van der Waals surface area contributed by atoms with Gasteiger partial charge in [0.1, 0.15) is 12.2 Å². The fraction of sp³-hybridized carbons (Fsp3) is 0.154. The summed E-state index contributed by atoms with van der Waals surface area (Å²) in [5.74, 6) is -0.479. The molecule has 0 bridgehead atoms. The van der Waals surface area contributed by atoms with Crippen LogP contribution >= 0.6 is 0 Å². The lowest BCUT2D eigenvalue weighted by atomic mass is 10.2. The normalized spacial score (nSPS) is 10.7. The number of carbonyl (C=O) groups excluding carboxylic acids is 2. The van der Waals surface area contributed by atoms with Gasteiger partial charge in [-0.1, -0.05) is 60.7 Å². The lowest BCUT2D eigenvalue weighted by Crippen LogP contribution is -2.32. The van der Waals surface area contributed by atoms with Gasteiger partial charge in [0.15, 0.2) is 0 Å². The molecule has 2 amide bonds. The Morgan fingerprint density at radius 1 is 0.818 bits per heavy atom. The van der Waals surface area contributed by atoms with E-state index in [1.165, 1.54) is 4.57 Å². The molecule has 0 aliphatic heterocycles. The number of hydrogen-bond donors (Lipinski definition) is 2. The van der Waals surface area contributed by atoms with Crippen molar-refractivity contribution >= 4 is 28.5 Å². The Bertz CT molecular complexity index is 1320. The maximum absolute atomic E-state index is 13.2. The molecule has 7 nitrogen and oxygen atoms in total. The minimum absolute atomic E-state index is 0.129. The molecule has 0 fully saturated rings. The number of aryl methyl sites for hydroxylation is 1. The molecule has 0 radical (unpaired) electrons. The number of aromatic nitrogens is 2. The van der Waals surface area contributed by atoms with Crippen LogP contribution in [-0.2, 0) is 29.1 Å². The molecule has 4 aromatic rings. The number of nitrogens with one attached hydrogen (secondary N) is 2. The molecule has 1 heterocycles. The first kappa shape index (κ1) is 22.0. The topological polar surface area (TPSA) is 93.1 Å². The van der Waals surface area contributed by atoms with Gasteiger partial charge in [0, 0.05) is 25.1 Å². The van der Waals surface area contributed by atoms with Gasteiger partial charge in [-0.25, -0.2) is 4.98 Å². The average molecular weight is 441 g/mol. The SMILES string of the molecule is O=C(CCc1nc2ccccc2n(CC(=O)Nc2ccccc2)c1=O)NCc1ccccc1. The van der Waals surface area contributed by atoms with Crippen LogP contribution in [0.15, 0.2) is 89.7 Å². The lowest BCUT2D eigenvalue weighted by Gasteiger charge is -2.13. The summed E-state index contributed by atoms with van der Waals surface area (Å²) in [5, 5.41) is 5.66. The molecule has 33 heavy (non-hydrogen) atoms. The quantitative estimate of drug-likeness (QED) is 0.440. The second-order valence-corrected chi connectivity index (χ2v) is 7.62. The first-order valence-electron chi connectivity index (χ1n) is 10.7. The van der Waals surface area contributed by atoms with E-state index in [2.05, 4.69) is 15.6 Å². The average Bonchev–Trinajstić information content (AvgIpc) is 2.84. The Balaban J connectivity index is 1.49. The zero-order chi connectivity index (χ0) is 23.0. The number of benzene rings is 3. The van der Waals surface area contributed by atoms with Gasteiger partial charge in [-0.2, -0.15) is 0 Å². The van der Waals surface area contributed by atoms with Crippen LogP contribution in [-0.4, -0.2) is 21.4 Å². The van der Waals surface area contributed by atoms with Gasteiger partial charge in [-0.05, 0) is 29.8 Å². The van der Waals surface area contributed by atoms with Crippen molar-refractivity contribution in [1.82, 2.24) is 14.9 Å². The Hall–Kier alpha value is -4.26. The highest BCUT2D eigenvalue weighted by molar-refractivity contribution is 5.91. The Kier molecular flexibility index (Phi) is 6.90. The predicted octanol–water partition coefficient (Wildman–Crippen LogP) is 3.28. The molecule has 0 spiro atoms. The van der Waals surface area contributed by atoms with Crippen LogP contribution in [0.25, 0.3) is 11.0 Å². The highest BCUT2D eigenvalue weighted by atomic mass is 16.2. The number of carbonyl (C=O) groups is 2. The summed E-state index contributed by atoms with van der Waals surface area (Å²) in [6, 6.07) is 25.9. The molecule has 1 aromatic heterocycles. The Labute approximate surface area is 191 Å². The number of hydrogen-bond acceptors (Lipinski definition) is 4. The van der Waals surface area contributed by atoms with Crippen molar-refractivity contribution in [1.29, 1.82) is 0 Å². The van der Waals surface area contributed by atoms with Gasteiger partial charge in [0.05, 0.1) is 11.0 Å². The summed E-state index contributed by atoms with van der Waals surface area (Å²) in [6.45, 7) is 0.276. The van der Waals surface area contributed by atoms with E-state index in [1.807, 2.05) is 54.6 Å². The fourth-order valence-electron chi connectivity index (χ4n) is 3.55. The fourth-order valence-corrected chi connectivity index (χ4v) is 3.55. The summed E-state index contributed by atoms with van der Waals surface area (Å²) >= 11 is 0. The predicted molar refractivity (Wildman–Crippen MR) is 128 cm³/mol. The monoisotopic (exact) mass is 440 g/mol. The first-order chi connectivity index (χ1) is 16.1. The van der Waals surface area contributed by atoms with Gasteiger partial charge in [0.25, 0.3) is 5.56 Å². The van der Waals surface area contributed by atoms with Crippen LogP contribution in [0, 0.1) is 0 Å². The molecule has 166 valence electrons. The van der Waals surface area contributed by atoms with E-state index in [9.17, 15) is 14.4 Å².